The fourth-order valence-corrected chi connectivity index (χ4v) is 2.66. The Balaban J connectivity index is 1.92. The Morgan fingerprint density at radius 3 is 2.76 bits per heavy atom. The summed E-state index contributed by atoms with van der Waals surface area (Å²) in [6.45, 7) is 8.60. The maximum absolute atomic E-state index is 5.95. The molecule has 0 aliphatic carbocycles. The molecule has 2 aromatic heterocycles. The Bertz CT molecular complexity index is 628. The molecule has 21 heavy (non-hydrogen) atoms. The molecule has 0 radical (unpaired) electrons. The highest BCUT2D eigenvalue weighted by atomic mass is 16.5. The number of pyridine rings is 2. The van der Waals surface area contributed by atoms with Gasteiger partial charge in [0.1, 0.15) is 0 Å². The van der Waals surface area contributed by atoms with Crippen molar-refractivity contribution in [3.63, 3.8) is 0 Å². The molecule has 0 amide bonds. The second-order valence-electron chi connectivity index (χ2n) is 6.57. The fraction of sp³-hybridized carbons (Fsp3) is 0.529. The second-order valence-corrected chi connectivity index (χ2v) is 6.57. The topological polar surface area (TPSA) is 44.2 Å². The van der Waals surface area contributed by atoms with E-state index in [1.807, 2.05) is 24.5 Å². The number of ether oxygens (including phenoxy) is 2. The first kappa shape index (κ1) is 14.4. The lowest BCUT2D eigenvalue weighted by Crippen LogP contribution is -2.15. The molecule has 1 fully saturated rings. The maximum Gasteiger partial charge on any atom is 0.0926 e. The molecule has 1 unspecified atom stereocenters. The molecule has 112 valence electrons. The minimum Gasteiger partial charge on any atom is -0.379 e. The van der Waals surface area contributed by atoms with Gasteiger partial charge >= 0.3 is 0 Å². The summed E-state index contributed by atoms with van der Waals surface area (Å²) >= 11 is 0. The van der Waals surface area contributed by atoms with Crippen molar-refractivity contribution < 1.29 is 9.47 Å². The predicted molar refractivity (Wildman–Crippen MR) is 82.3 cm³/mol. The first-order valence-electron chi connectivity index (χ1n) is 7.48. The van der Waals surface area contributed by atoms with E-state index in [0.717, 1.165) is 29.6 Å². The van der Waals surface area contributed by atoms with Crippen LogP contribution in [0.4, 0.5) is 0 Å². The first-order chi connectivity index (χ1) is 10.1. The van der Waals surface area contributed by atoms with E-state index in [9.17, 15) is 0 Å². The maximum atomic E-state index is 5.95. The summed E-state index contributed by atoms with van der Waals surface area (Å²) < 4.78 is 11.3. The Morgan fingerprint density at radius 1 is 1.24 bits per heavy atom. The van der Waals surface area contributed by atoms with Gasteiger partial charge in [-0.05, 0) is 24.1 Å². The van der Waals surface area contributed by atoms with Crippen LogP contribution < -0.4 is 0 Å². The molecule has 3 heterocycles. The standard InChI is InChI=1S/C17H22N2O2/c1-17(2,3)16-15-14(5-8-19-16)12(4-7-18-15)10-21-13-6-9-20-11-13/h4-5,7-8,13H,6,9-11H2,1-3H3. The van der Waals surface area contributed by atoms with Gasteiger partial charge in [0, 0.05) is 29.8 Å². The van der Waals surface area contributed by atoms with E-state index in [1.165, 1.54) is 5.56 Å². The summed E-state index contributed by atoms with van der Waals surface area (Å²) in [7, 11) is 0. The third kappa shape index (κ3) is 3.06. The fourth-order valence-electron chi connectivity index (χ4n) is 2.66. The summed E-state index contributed by atoms with van der Waals surface area (Å²) in [5.74, 6) is 0. The summed E-state index contributed by atoms with van der Waals surface area (Å²) in [5, 5.41) is 1.14. The van der Waals surface area contributed by atoms with Gasteiger partial charge in [-0.3, -0.25) is 9.97 Å². The van der Waals surface area contributed by atoms with E-state index in [1.54, 1.807) is 0 Å². The van der Waals surface area contributed by atoms with Crippen LogP contribution in [0.5, 0.6) is 0 Å². The molecule has 0 saturated carbocycles. The molecule has 1 saturated heterocycles. The van der Waals surface area contributed by atoms with Gasteiger partial charge in [-0.15, -0.1) is 0 Å². The highest BCUT2D eigenvalue weighted by Gasteiger charge is 2.21. The average molecular weight is 286 g/mol. The van der Waals surface area contributed by atoms with E-state index >= 15 is 0 Å². The van der Waals surface area contributed by atoms with Crippen molar-refractivity contribution in [3.8, 4) is 0 Å². The molecule has 1 atom stereocenters. The van der Waals surface area contributed by atoms with E-state index in [4.69, 9.17) is 9.47 Å². The van der Waals surface area contributed by atoms with Crippen molar-refractivity contribution in [2.75, 3.05) is 13.2 Å². The zero-order valence-corrected chi connectivity index (χ0v) is 12.9. The highest BCUT2D eigenvalue weighted by Crippen LogP contribution is 2.28. The number of rotatable bonds is 3. The van der Waals surface area contributed by atoms with Crippen LogP contribution in [-0.4, -0.2) is 29.3 Å². The number of nitrogens with zero attached hydrogens (tertiary/aromatic N) is 2. The quantitative estimate of drug-likeness (QED) is 0.869. The first-order valence-corrected chi connectivity index (χ1v) is 7.48. The minimum absolute atomic E-state index is 0.0225. The van der Waals surface area contributed by atoms with Crippen LogP contribution in [0.1, 0.15) is 38.4 Å². The number of aromatic nitrogens is 2. The number of fused-ring (bicyclic) bond motifs is 1. The van der Waals surface area contributed by atoms with Crippen LogP contribution in [0.2, 0.25) is 0 Å². The number of hydrogen-bond donors (Lipinski definition) is 0. The molecular weight excluding hydrogens is 264 g/mol. The van der Waals surface area contributed by atoms with Gasteiger partial charge in [0.2, 0.25) is 0 Å². The smallest absolute Gasteiger partial charge is 0.0926 e. The SMILES string of the molecule is CC(C)(C)c1nccc2c(COC3CCOC3)ccnc12. The molecule has 2 aromatic rings. The van der Waals surface area contributed by atoms with Crippen LogP contribution in [0.3, 0.4) is 0 Å². The summed E-state index contributed by atoms with van der Waals surface area (Å²) in [4.78, 5) is 9.08. The predicted octanol–water partition coefficient (Wildman–Crippen LogP) is 3.23. The van der Waals surface area contributed by atoms with Crippen LogP contribution >= 0.6 is 0 Å². The molecule has 0 spiro atoms. The lowest BCUT2D eigenvalue weighted by atomic mass is 9.89. The third-order valence-corrected chi connectivity index (χ3v) is 3.82. The van der Waals surface area contributed by atoms with Gasteiger partial charge in [-0.2, -0.15) is 0 Å². The summed E-state index contributed by atoms with van der Waals surface area (Å²) in [6.07, 6.45) is 4.92. The van der Waals surface area contributed by atoms with Crippen molar-refractivity contribution in [2.24, 2.45) is 0 Å². The van der Waals surface area contributed by atoms with Gasteiger partial charge in [-0.1, -0.05) is 20.8 Å². The lowest BCUT2D eigenvalue weighted by molar-refractivity contribution is 0.0323. The molecule has 0 bridgehead atoms. The van der Waals surface area contributed by atoms with Crippen molar-refractivity contribution in [1.82, 2.24) is 9.97 Å². The summed E-state index contributed by atoms with van der Waals surface area (Å²) in [6, 6.07) is 4.06. The van der Waals surface area contributed by atoms with Gasteiger partial charge in [-0.25, -0.2) is 0 Å². The molecule has 4 heteroatoms. The van der Waals surface area contributed by atoms with Crippen LogP contribution in [0.25, 0.3) is 10.9 Å². The van der Waals surface area contributed by atoms with Crippen LogP contribution in [0.15, 0.2) is 24.5 Å². The van der Waals surface area contributed by atoms with E-state index < -0.39 is 0 Å². The Labute approximate surface area is 125 Å². The second kappa shape index (κ2) is 5.70. The molecule has 0 N–H and O–H groups in total. The average Bonchev–Trinajstić information content (AvgIpc) is 2.96. The van der Waals surface area contributed by atoms with Crippen molar-refractivity contribution >= 4 is 10.9 Å². The zero-order valence-electron chi connectivity index (χ0n) is 12.9. The minimum atomic E-state index is -0.0225. The summed E-state index contributed by atoms with van der Waals surface area (Å²) in [5.41, 5.74) is 3.16. The Morgan fingerprint density at radius 2 is 2.05 bits per heavy atom. The molecule has 3 rings (SSSR count). The van der Waals surface area contributed by atoms with Crippen LogP contribution in [-0.2, 0) is 21.5 Å². The monoisotopic (exact) mass is 286 g/mol. The van der Waals surface area contributed by atoms with Gasteiger partial charge in [0.05, 0.1) is 30.5 Å². The normalized spacial score (nSPS) is 19.3. The van der Waals surface area contributed by atoms with E-state index in [2.05, 4.69) is 30.7 Å². The van der Waals surface area contributed by atoms with Crippen molar-refractivity contribution in [1.29, 1.82) is 0 Å². The Kier molecular flexibility index (Phi) is 3.91. The van der Waals surface area contributed by atoms with Crippen molar-refractivity contribution in [3.05, 3.63) is 35.8 Å². The van der Waals surface area contributed by atoms with Gasteiger partial charge < -0.3 is 9.47 Å². The van der Waals surface area contributed by atoms with Gasteiger partial charge in [0.25, 0.3) is 0 Å². The van der Waals surface area contributed by atoms with Crippen LogP contribution in [0, 0.1) is 0 Å². The molecule has 4 nitrogen and oxygen atoms in total. The Hall–Kier alpha value is -1.52. The van der Waals surface area contributed by atoms with Gasteiger partial charge in [0.15, 0.2) is 0 Å². The highest BCUT2D eigenvalue weighted by molar-refractivity contribution is 5.84. The third-order valence-electron chi connectivity index (χ3n) is 3.82. The largest absolute Gasteiger partial charge is 0.379 e. The van der Waals surface area contributed by atoms with E-state index in [-0.39, 0.29) is 11.5 Å². The number of hydrogen-bond acceptors (Lipinski definition) is 4. The molecule has 0 aromatic carbocycles. The molecule has 1 aliphatic heterocycles. The molecule has 1 aliphatic rings. The van der Waals surface area contributed by atoms with Crippen molar-refractivity contribution in [2.45, 2.75) is 45.3 Å². The zero-order chi connectivity index (χ0) is 14.9. The lowest BCUT2D eigenvalue weighted by Gasteiger charge is -2.20. The van der Waals surface area contributed by atoms with E-state index in [0.29, 0.717) is 13.2 Å². The molecular formula is C17H22N2O2.